The van der Waals surface area contributed by atoms with E-state index in [1.807, 2.05) is 6.92 Å². The number of rotatable bonds is 5. The largest absolute Gasteiger partial charge is 0.364 e. The molecule has 0 aliphatic carbocycles. The molecule has 5 nitrogen and oxygen atoms in total. The number of hydrogen-bond donors (Lipinski definition) is 2. The zero-order valence-electron chi connectivity index (χ0n) is 10.9. The summed E-state index contributed by atoms with van der Waals surface area (Å²) in [7, 11) is 0. The van der Waals surface area contributed by atoms with Crippen LogP contribution in [0.1, 0.15) is 37.7 Å². The highest BCUT2D eigenvalue weighted by molar-refractivity contribution is 5.93. The van der Waals surface area contributed by atoms with Crippen LogP contribution in [0.4, 0.5) is 5.69 Å². The van der Waals surface area contributed by atoms with Crippen molar-refractivity contribution in [2.24, 2.45) is 17.6 Å². The minimum atomic E-state index is -0.582. The van der Waals surface area contributed by atoms with Gasteiger partial charge in [-0.25, -0.2) is 4.98 Å². The number of nitrogens with zero attached hydrogens (tertiary/aromatic N) is 1. The van der Waals surface area contributed by atoms with E-state index in [0.29, 0.717) is 11.6 Å². The van der Waals surface area contributed by atoms with E-state index in [9.17, 15) is 9.59 Å². The van der Waals surface area contributed by atoms with E-state index in [4.69, 9.17) is 5.73 Å². The van der Waals surface area contributed by atoms with Crippen molar-refractivity contribution >= 4 is 17.5 Å². The molecule has 0 aromatic carbocycles. The first-order chi connectivity index (χ1) is 8.40. The average Bonchev–Trinajstić information content (AvgIpc) is 2.28. The lowest BCUT2D eigenvalue weighted by Gasteiger charge is -2.13. The Bertz CT molecular complexity index is 426. The van der Waals surface area contributed by atoms with Crippen LogP contribution >= 0.6 is 0 Å². The van der Waals surface area contributed by atoms with Gasteiger partial charge in [0.15, 0.2) is 0 Å². The van der Waals surface area contributed by atoms with Gasteiger partial charge in [-0.3, -0.25) is 9.59 Å². The number of aromatic nitrogens is 1. The topological polar surface area (TPSA) is 85.1 Å². The van der Waals surface area contributed by atoms with Crippen LogP contribution in [0.5, 0.6) is 0 Å². The fourth-order valence-corrected chi connectivity index (χ4v) is 1.69. The van der Waals surface area contributed by atoms with E-state index in [1.165, 1.54) is 12.3 Å². The van der Waals surface area contributed by atoms with Crippen LogP contribution in [0.15, 0.2) is 18.3 Å². The summed E-state index contributed by atoms with van der Waals surface area (Å²) in [6.45, 7) is 6.04. The van der Waals surface area contributed by atoms with E-state index in [0.717, 1.165) is 6.42 Å². The van der Waals surface area contributed by atoms with Gasteiger partial charge < -0.3 is 11.1 Å². The van der Waals surface area contributed by atoms with E-state index >= 15 is 0 Å². The number of amides is 2. The maximum Gasteiger partial charge on any atom is 0.267 e. The summed E-state index contributed by atoms with van der Waals surface area (Å²) in [5.74, 6) is -0.208. The average molecular weight is 249 g/mol. The molecule has 0 aliphatic rings. The van der Waals surface area contributed by atoms with Crippen molar-refractivity contribution in [2.75, 3.05) is 5.32 Å². The van der Waals surface area contributed by atoms with Crippen LogP contribution in [0, 0.1) is 11.8 Å². The lowest BCUT2D eigenvalue weighted by atomic mass is 9.98. The van der Waals surface area contributed by atoms with E-state index in [1.54, 1.807) is 6.07 Å². The van der Waals surface area contributed by atoms with E-state index in [-0.39, 0.29) is 17.5 Å². The number of carbonyl (C=O) groups is 2. The Kier molecular flexibility index (Phi) is 4.83. The van der Waals surface area contributed by atoms with Crippen LogP contribution in [0.3, 0.4) is 0 Å². The minimum Gasteiger partial charge on any atom is -0.364 e. The third-order valence-electron chi connectivity index (χ3n) is 2.56. The first-order valence-corrected chi connectivity index (χ1v) is 5.97. The van der Waals surface area contributed by atoms with Gasteiger partial charge in [-0.1, -0.05) is 20.8 Å². The Labute approximate surface area is 107 Å². The molecule has 0 spiro atoms. The molecule has 0 fully saturated rings. The molecular weight excluding hydrogens is 230 g/mol. The van der Waals surface area contributed by atoms with Crippen molar-refractivity contribution in [1.29, 1.82) is 0 Å². The number of nitrogens with one attached hydrogen (secondary N) is 1. The summed E-state index contributed by atoms with van der Waals surface area (Å²) < 4.78 is 0. The molecular formula is C13H19N3O2. The molecule has 98 valence electrons. The molecule has 0 aliphatic heterocycles. The van der Waals surface area contributed by atoms with Crippen molar-refractivity contribution in [1.82, 2.24) is 4.98 Å². The second-order valence-electron chi connectivity index (χ2n) is 4.82. The normalized spacial score (nSPS) is 12.2. The molecule has 1 atom stereocenters. The Balaban J connectivity index is 2.62. The first-order valence-electron chi connectivity index (χ1n) is 5.97. The molecule has 1 aromatic rings. The number of nitrogens with two attached hydrogens (primary N) is 1. The Morgan fingerprint density at radius 3 is 2.44 bits per heavy atom. The second-order valence-corrected chi connectivity index (χ2v) is 4.82. The predicted octanol–water partition coefficient (Wildman–Crippen LogP) is 1.80. The highest BCUT2D eigenvalue weighted by atomic mass is 16.2. The van der Waals surface area contributed by atoms with Crippen LogP contribution in [0.2, 0.25) is 0 Å². The van der Waals surface area contributed by atoms with Gasteiger partial charge in [-0.15, -0.1) is 0 Å². The number of primary amides is 1. The number of anilines is 1. The molecule has 1 aromatic heterocycles. The zero-order valence-corrected chi connectivity index (χ0v) is 10.9. The lowest BCUT2D eigenvalue weighted by molar-refractivity contribution is -0.119. The summed E-state index contributed by atoms with van der Waals surface area (Å²) in [5, 5.41) is 2.76. The molecule has 0 bridgehead atoms. The summed E-state index contributed by atoms with van der Waals surface area (Å²) in [5.41, 5.74) is 5.83. The smallest absolute Gasteiger partial charge is 0.267 e. The Morgan fingerprint density at radius 1 is 1.33 bits per heavy atom. The quantitative estimate of drug-likeness (QED) is 0.834. The van der Waals surface area contributed by atoms with Gasteiger partial charge in [0.05, 0.1) is 11.9 Å². The molecule has 2 amide bonds. The van der Waals surface area contributed by atoms with Gasteiger partial charge in [0.1, 0.15) is 5.69 Å². The molecule has 0 saturated carbocycles. The molecule has 0 saturated heterocycles. The summed E-state index contributed by atoms with van der Waals surface area (Å²) in [6.07, 6.45) is 2.26. The van der Waals surface area contributed by atoms with Crippen molar-refractivity contribution in [3.05, 3.63) is 24.0 Å². The molecule has 5 heteroatoms. The fourth-order valence-electron chi connectivity index (χ4n) is 1.69. The molecule has 0 radical (unpaired) electrons. The van der Waals surface area contributed by atoms with Crippen molar-refractivity contribution in [3.63, 3.8) is 0 Å². The summed E-state index contributed by atoms with van der Waals surface area (Å²) >= 11 is 0. The van der Waals surface area contributed by atoms with Gasteiger partial charge in [0.25, 0.3) is 5.91 Å². The third kappa shape index (κ3) is 4.16. The van der Waals surface area contributed by atoms with Gasteiger partial charge in [0.2, 0.25) is 5.91 Å². The molecule has 1 unspecified atom stereocenters. The van der Waals surface area contributed by atoms with Crippen LogP contribution in [-0.4, -0.2) is 16.8 Å². The SMILES string of the molecule is CC(C)CC(C)C(=O)Nc1ccc(C(N)=O)nc1. The van der Waals surface area contributed by atoms with Crippen molar-refractivity contribution in [3.8, 4) is 0 Å². The molecule has 18 heavy (non-hydrogen) atoms. The van der Waals surface area contributed by atoms with Gasteiger partial charge in [-0.05, 0) is 24.5 Å². The standard InChI is InChI=1S/C13H19N3O2/c1-8(2)6-9(3)13(18)16-10-4-5-11(12(14)17)15-7-10/h4-5,7-9H,6H2,1-3H3,(H2,14,17)(H,16,18). The monoisotopic (exact) mass is 249 g/mol. The minimum absolute atomic E-state index is 0.0441. The Morgan fingerprint density at radius 2 is 2.00 bits per heavy atom. The van der Waals surface area contributed by atoms with E-state index in [2.05, 4.69) is 24.1 Å². The lowest BCUT2D eigenvalue weighted by Crippen LogP contribution is -2.22. The summed E-state index contributed by atoms with van der Waals surface area (Å²) in [6, 6.07) is 3.11. The number of pyridine rings is 1. The Hall–Kier alpha value is -1.91. The highest BCUT2D eigenvalue weighted by Gasteiger charge is 2.14. The van der Waals surface area contributed by atoms with Crippen molar-refractivity contribution < 1.29 is 9.59 Å². The number of hydrogen-bond acceptors (Lipinski definition) is 3. The first kappa shape index (κ1) is 14.2. The summed E-state index contributed by atoms with van der Waals surface area (Å²) in [4.78, 5) is 26.5. The van der Waals surface area contributed by atoms with Crippen LogP contribution in [-0.2, 0) is 4.79 Å². The molecule has 1 heterocycles. The number of carbonyl (C=O) groups excluding carboxylic acids is 2. The van der Waals surface area contributed by atoms with Gasteiger partial charge in [-0.2, -0.15) is 0 Å². The van der Waals surface area contributed by atoms with Crippen LogP contribution < -0.4 is 11.1 Å². The second kappa shape index (κ2) is 6.14. The molecule has 3 N–H and O–H groups in total. The van der Waals surface area contributed by atoms with E-state index < -0.39 is 5.91 Å². The van der Waals surface area contributed by atoms with Crippen LogP contribution in [0.25, 0.3) is 0 Å². The van der Waals surface area contributed by atoms with Gasteiger partial charge in [0, 0.05) is 5.92 Å². The zero-order chi connectivity index (χ0) is 13.7. The predicted molar refractivity (Wildman–Crippen MR) is 70.0 cm³/mol. The highest BCUT2D eigenvalue weighted by Crippen LogP contribution is 2.14. The maximum atomic E-state index is 11.8. The van der Waals surface area contributed by atoms with Gasteiger partial charge >= 0.3 is 0 Å². The third-order valence-corrected chi connectivity index (χ3v) is 2.56. The fraction of sp³-hybridized carbons (Fsp3) is 0.462. The maximum absolute atomic E-state index is 11.8. The van der Waals surface area contributed by atoms with Crippen molar-refractivity contribution in [2.45, 2.75) is 27.2 Å². The molecule has 1 rings (SSSR count).